The van der Waals surface area contributed by atoms with Crippen molar-refractivity contribution in [2.75, 3.05) is 24.7 Å². The molecule has 32 heavy (non-hydrogen) atoms. The lowest BCUT2D eigenvalue weighted by molar-refractivity contribution is -0.130. The Bertz CT molecular complexity index is 1150. The molecule has 0 spiro atoms. The fourth-order valence-electron chi connectivity index (χ4n) is 3.60. The molecule has 0 unspecified atom stereocenters. The minimum absolute atomic E-state index is 0.124. The zero-order chi connectivity index (χ0) is 22.7. The van der Waals surface area contributed by atoms with Crippen LogP contribution in [-0.4, -0.2) is 46.7 Å². The average Bonchev–Trinajstić information content (AvgIpc) is 3.13. The first kappa shape index (κ1) is 21.9. The molecule has 1 aliphatic rings. The van der Waals surface area contributed by atoms with Crippen molar-refractivity contribution in [3.8, 4) is 5.75 Å². The van der Waals surface area contributed by atoms with Gasteiger partial charge in [-0.05, 0) is 36.8 Å². The van der Waals surface area contributed by atoms with E-state index < -0.39 is 0 Å². The van der Waals surface area contributed by atoms with Gasteiger partial charge >= 0.3 is 0 Å². The van der Waals surface area contributed by atoms with E-state index in [2.05, 4.69) is 5.16 Å². The van der Waals surface area contributed by atoms with Gasteiger partial charge in [0.15, 0.2) is 0 Å². The van der Waals surface area contributed by atoms with Crippen LogP contribution in [0.1, 0.15) is 27.4 Å². The molecular weight excluding hydrogens is 434 g/mol. The van der Waals surface area contributed by atoms with Gasteiger partial charge < -0.3 is 19.3 Å². The van der Waals surface area contributed by atoms with Crippen LogP contribution in [0, 0.1) is 6.92 Å². The summed E-state index contributed by atoms with van der Waals surface area (Å²) in [5.74, 6) is 0.514. The van der Waals surface area contributed by atoms with Crippen molar-refractivity contribution in [1.29, 1.82) is 0 Å². The number of para-hydroxylation sites is 1. The Labute approximate surface area is 189 Å². The average molecular weight is 456 g/mol. The Balaban J connectivity index is 1.63. The molecule has 0 bridgehead atoms. The van der Waals surface area contributed by atoms with Crippen molar-refractivity contribution in [1.82, 2.24) is 10.1 Å². The van der Waals surface area contributed by atoms with Gasteiger partial charge in [-0.3, -0.25) is 14.5 Å². The number of rotatable bonds is 6. The van der Waals surface area contributed by atoms with Gasteiger partial charge in [-0.1, -0.05) is 35.0 Å². The van der Waals surface area contributed by atoms with Crippen LogP contribution in [0.15, 0.2) is 53.1 Å². The van der Waals surface area contributed by atoms with Crippen molar-refractivity contribution >= 4 is 29.1 Å². The van der Waals surface area contributed by atoms with E-state index in [0.29, 0.717) is 29.4 Å². The topological polar surface area (TPSA) is 96.1 Å². The summed E-state index contributed by atoms with van der Waals surface area (Å²) >= 11 is 6.36. The molecule has 0 saturated carbocycles. The van der Waals surface area contributed by atoms with E-state index in [-0.39, 0.29) is 48.7 Å². The SMILES string of the molecule is Cc1cc(CN2Cc3ccccc3N(C(=O)c3ccc(OCCO)cc3Cl)CC2=O)no1. The van der Waals surface area contributed by atoms with Gasteiger partial charge in [-0.25, -0.2) is 0 Å². The van der Waals surface area contributed by atoms with E-state index in [1.807, 2.05) is 24.3 Å². The highest BCUT2D eigenvalue weighted by atomic mass is 35.5. The van der Waals surface area contributed by atoms with Crippen molar-refractivity contribution in [3.63, 3.8) is 0 Å². The number of nitrogens with zero attached hydrogens (tertiary/aromatic N) is 3. The Morgan fingerprint density at radius 3 is 2.75 bits per heavy atom. The molecule has 0 radical (unpaired) electrons. The van der Waals surface area contributed by atoms with Gasteiger partial charge in [-0.2, -0.15) is 0 Å². The number of carbonyl (C=O) groups is 2. The minimum Gasteiger partial charge on any atom is -0.491 e. The highest BCUT2D eigenvalue weighted by Crippen LogP contribution is 2.30. The fourth-order valence-corrected chi connectivity index (χ4v) is 3.85. The number of aromatic nitrogens is 1. The Morgan fingerprint density at radius 1 is 1.22 bits per heavy atom. The van der Waals surface area contributed by atoms with E-state index in [4.69, 9.17) is 26.0 Å². The standard InChI is InChI=1S/C23H22ClN3O5/c1-15-10-17(25-32-15)13-26-12-16-4-2-3-5-21(16)27(14-22(26)29)23(30)19-7-6-18(11-20(19)24)31-9-8-28/h2-7,10-11,28H,8-9,12-14H2,1H3. The first-order chi connectivity index (χ1) is 15.5. The van der Waals surface area contributed by atoms with Crippen LogP contribution in [0.2, 0.25) is 5.02 Å². The molecule has 1 aromatic heterocycles. The summed E-state index contributed by atoms with van der Waals surface area (Å²) in [6, 6.07) is 13.9. The molecule has 166 valence electrons. The number of halogens is 1. The van der Waals surface area contributed by atoms with Gasteiger partial charge in [0.25, 0.3) is 5.91 Å². The Morgan fingerprint density at radius 2 is 2.03 bits per heavy atom. The maximum absolute atomic E-state index is 13.4. The van der Waals surface area contributed by atoms with Gasteiger partial charge in [-0.15, -0.1) is 0 Å². The predicted octanol–water partition coefficient (Wildman–Crippen LogP) is 3.20. The molecule has 4 rings (SSSR count). The number of ether oxygens (including phenoxy) is 1. The number of benzene rings is 2. The first-order valence-corrected chi connectivity index (χ1v) is 10.5. The van der Waals surface area contributed by atoms with Crippen molar-refractivity contribution in [2.24, 2.45) is 0 Å². The second-order valence-electron chi connectivity index (χ2n) is 7.41. The number of amides is 2. The lowest BCUT2D eigenvalue weighted by Crippen LogP contribution is -2.40. The molecule has 0 fully saturated rings. The third-order valence-corrected chi connectivity index (χ3v) is 5.41. The predicted molar refractivity (Wildman–Crippen MR) is 118 cm³/mol. The van der Waals surface area contributed by atoms with E-state index in [1.165, 1.54) is 11.0 Å². The van der Waals surface area contributed by atoms with E-state index in [1.54, 1.807) is 30.0 Å². The lowest BCUT2D eigenvalue weighted by Gasteiger charge is -2.23. The zero-order valence-corrected chi connectivity index (χ0v) is 18.2. The molecule has 0 atom stereocenters. The molecule has 8 nitrogen and oxygen atoms in total. The largest absolute Gasteiger partial charge is 0.491 e. The van der Waals surface area contributed by atoms with E-state index in [9.17, 15) is 9.59 Å². The molecule has 1 N–H and O–H groups in total. The fraction of sp³-hybridized carbons (Fsp3) is 0.261. The summed E-state index contributed by atoms with van der Waals surface area (Å²) in [6.45, 7) is 2.27. The number of aliphatic hydroxyl groups excluding tert-OH is 1. The number of fused-ring (bicyclic) bond motifs is 1. The monoisotopic (exact) mass is 455 g/mol. The second-order valence-corrected chi connectivity index (χ2v) is 7.82. The molecule has 2 aromatic carbocycles. The summed E-state index contributed by atoms with van der Waals surface area (Å²) in [7, 11) is 0. The summed E-state index contributed by atoms with van der Waals surface area (Å²) in [5.41, 5.74) is 2.40. The van der Waals surface area contributed by atoms with Crippen LogP contribution in [0.5, 0.6) is 5.75 Å². The van der Waals surface area contributed by atoms with Crippen LogP contribution in [0.4, 0.5) is 5.69 Å². The summed E-state index contributed by atoms with van der Waals surface area (Å²) in [5, 5.41) is 13.1. The molecular formula is C23H22ClN3O5. The number of hydrogen-bond acceptors (Lipinski definition) is 6. The minimum atomic E-state index is -0.386. The van der Waals surface area contributed by atoms with Crippen LogP contribution >= 0.6 is 11.6 Å². The zero-order valence-electron chi connectivity index (χ0n) is 17.5. The third-order valence-electron chi connectivity index (χ3n) is 5.10. The summed E-state index contributed by atoms with van der Waals surface area (Å²) < 4.78 is 10.5. The highest BCUT2D eigenvalue weighted by molar-refractivity contribution is 6.34. The third kappa shape index (κ3) is 4.61. The van der Waals surface area contributed by atoms with Crippen molar-refractivity contribution in [3.05, 3.63) is 76.1 Å². The van der Waals surface area contributed by atoms with Crippen molar-refractivity contribution in [2.45, 2.75) is 20.0 Å². The molecule has 0 aliphatic carbocycles. The van der Waals surface area contributed by atoms with Crippen LogP contribution in [-0.2, 0) is 17.9 Å². The van der Waals surface area contributed by atoms with Gasteiger partial charge in [0.05, 0.1) is 23.7 Å². The number of hydrogen-bond donors (Lipinski definition) is 1. The molecule has 2 heterocycles. The number of carbonyl (C=O) groups excluding carboxylic acids is 2. The number of aliphatic hydroxyl groups is 1. The van der Waals surface area contributed by atoms with Crippen LogP contribution in [0.3, 0.4) is 0 Å². The van der Waals surface area contributed by atoms with Crippen LogP contribution < -0.4 is 9.64 Å². The maximum Gasteiger partial charge on any atom is 0.260 e. The molecule has 3 aromatic rings. The van der Waals surface area contributed by atoms with Gasteiger partial charge in [0.1, 0.15) is 30.4 Å². The van der Waals surface area contributed by atoms with Gasteiger partial charge in [0.2, 0.25) is 5.91 Å². The first-order valence-electron chi connectivity index (χ1n) is 10.1. The Hall–Kier alpha value is -3.36. The highest BCUT2D eigenvalue weighted by Gasteiger charge is 2.31. The maximum atomic E-state index is 13.4. The summed E-state index contributed by atoms with van der Waals surface area (Å²) in [6.07, 6.45) is 0. The molecule has 2 amide bonds. The van der Waals surface area contributed by atoms with E-state index in [0.717, 1.165) is 5.56 Å². The number of anilines is 1. The second kappa shape index (κ2) is 9.42. The normalized spacial score (nSPS) is 13.7. The lowest BCUT2D eigenvalue weighted by atomic mass is 10.1. The van der Waals surface area contributed by atoms with E-state index >= 15 is 0 Å². The van der Waals surface area contributed by atoms with Crippen LogP contribution in [0.25, 0.3) is 0 Å². The number of aryl methyl sites for hydroxylation is 1. The summed E-state index contributed by atoms with van der Waals surface area (Å²) in [4.78, 5) is 29.6. The Kier molecular flexibility index (Phi) is 6.43. The smallest absolute Gasteiger partial charge is 0.260 e. The quantitative estimate of drug-likeness (QED) is 0.613. The molecule has 9 heteroatoms. The van der Waals surface area contributed by atoms with Gasteiger partial charge in [0, 0.05) is 18.3 Å². The molecule has 0 saturated heterocycles. The molecule has 1 aliphatic heterocycles. The van der Waals surface area contributed by atoms with Crippen molar-refractivity contribution < 1.29 is 24.0 Å².